The van der Waals surface area contributed by atoms with Crippen molar-refractivity contribution in [2.45, 2.75) is 55.2 Å². The second kappa shape index (κ2) is 8.97. The Labute approximate surface area is 195 Å². The predicted octanol–water partition coefficient (Wildman–Crippen LogP) is 4.33. The largest absolute Gasteiger partial charge is 0.497 e. The van der Waals surface area contributed by atoms with Gasteiger partial charge in [0.2, 0.25) is 10.0 Å². The molecule has 0 aromatic heterocycles. The van der Waals surface area contributed by atoms with Crippen LogP contribution in [0.5, 0.6) is 11.5 Å². The smallest absolute Gasteiger partial charge is 0.240 e. The fourth-order valence-electron chi connectivity index (χ4n) is 5.43. The lowest BCUT2D eigenvalue weighted by atomic mass is 9.97. The zero-order chi connectivity index (χ0) is 23.0. The highest BCUT2D eigenvalue weighted by Crippen LogP contribution is 2.39. The number of fused-ring (bicyclic) bond motifs is 3. The van der Waals surface area contributed by atoms with Crippen LogP contribution in [0.4, 0.5) is 0 Å². The Bertz CT molecular complexity index is 1250. The number of benzene rings is 3. The zero-order valence-electron chi connectivity index (χ0n) is 19.0. The van der Waals surface area contributed by atoms with Crippen molar-refractivity contribution < 1.29 is 17.9 Å². The molecular weight excluding hydrogens is 436 g/mol. The van der Waals surface area contributed by atoms with Gasteiger partial charge < -0.3 is 9.47 Å². The van der Waals surface area contributed by atoms with E-state index in [9.17, 15) is 8.42 Å². The molecule has 6 nitrogen and oxygen atoms in total. The summed E-state index contributed by atoms with van der Waals surface area (Å²) in [6, 6.07) is 19.8. The molecule has 0 radical (unpaired) electrons. The lowest BCUT2D eigenvalue weighted by Crippen LogP contribution is -2.49. The Hall–Kier alpha value is -2.61. The number of nitrogens with one attached hydrogen (secondary N) is 1. The Morgan fingerprint density at radius 1 is 0.909 bits per heavy atom. The van der Waals surface area contributed by atoms with Crippen LogP contribution in [0.1, 0.15) is 31.2 Å². The van der Waals surface area contributed by atoms with E-state index in [2.05, 4.69) is 15.7 Å². The summed E-state index contributed by atoms with van der Waals surface area (Å²) >= 11 is 0. The number of ether oxygens (including phenoxy) is 2. The SMILES string of the molecule is COc1ccc(CN2C3CCC2CC(NS(=O)(=O)c2ccc4ccccc4c2)C3)c(OC)c1. The van der Waals surface area contributed by atoms with Crippen LogP contribution < -0.4 is 14.2 Å². The first-order chi connectivity index (χ1) is 16.0. The van der Waals surface area contributed by atoms with Gasteiger partial charge in [-0.2, -0.15) is 0 Å². The van der Waals surface area contributed by atoms with Gasteiger partial charge >= 0.3 is 0 Å². The molecule has 0 saturated carbocycles. The van der Waals surface area contributed by atoms with Gasteiger partial charge in [-0.05, 0) is 54.7 Å². The summed E-state index contributed by atoms with van der Waals surface area (Å²) < 4.78 is 40.2. The van der Waals surface area contributed by atoms with Crippen LogP contribution in [0.25, 0.3) is 10.8 Å². The highest BCUT2D eigenvalue weighted by atomic mass is 32.2. The standard InChI is InChI=1S/C26H30N2O4S/c1-31-24-11-7-20(26(16-24)32-2)17-28-22-9-10-23(28)15-21(14-22)27-33(29,30)25-12-8-18-5-3-4-6-19(18)13-25/h3-8,11-13,16,21-23,27H,9-10,14-15,17H2,1-2H3. The van der Waals surface area contributed by atoms with Gasteiger partial charge in [0.25, 0.3) is 0 Å². The molecule has 5 rings (SSSR count). The molecule has 2 fully saturated rings. The Kier molecular flexibility index (Phi) is 6.03. The highest BCUT2D eigenvalue weighted by molar-refractivity contribution is 7.89. The highest BCUT2D eigenvalue weighted by Gasteiger charge is 2.42. The number of sulfonamides is 1. The maximum atomic E-state index is 13.1. The predicted molar refractivity (Wildman–Crippen MR) is 129 cm³/mol. The van der Waals surface area contributed by atoms with Crippen LogP contribution in [0.15, 0.2) is 65.6 Å². The molecule has 0 spiro atoms. The van der Waals surface area contributed by atoms with Gasteiger partial charge in [0.1, 0.15) is 11.5 Å². The van der Waals surface area contributed by atoms with Crippen molar-refractivity contribution in [1.82, 2.24) is 9.62 Å². The molecule has 1 N–H and O–H groups in total. The molecule has 2 saturated heterocycles. The second-order valence-electron chi connectivity index (χ2n) is 9.03. The number of hydrogen-bond donors (Lipinski definition) is 1. The third-order valence-corrected chi connectivity index (χ3v) is 8.60. The van der Waals surface area contributed by atoms with E-state index in [0.29, 0.717) is 17.0 Å². The summed E-state index contributed by atoms with van der Waals surface area (Å²) in [6.45, 7) is 0.798. The first-order valence-corrected chi connectivity index (χ1v) is 12.9. The molecule has 7 heteroatoms. The number of rotatable bonds is 7. The molecule has 2 bridgehead atoms. The number of piperidine rings is 1. The van der Waals surface area contributed by atoms with Gasteiger partial charge in [-0.3, -0.25) is 4.90 Å². The van der Waals surface area contributed by atoms with Crippen molar-refractivity contribution in [3.05, 3.63) is 66.2 Å². The fourth-order valence-corrected chi connectivity index (χ4v) is 6.73. The minimum Gasteiger partial charge on any atom is -0.497 e. The lowest BCUT2D eigenvalue weighted by molar-refractivity contribution is 0.114. The monoisotopic (exact) mass is 466 g/mol. The van der Waals surface area contributed by atoms with Crippen molar-refractivity contribution >= 4 is 20.8 Å². The number of nitrogens with zero attached hydrogens (tertiary/aromatic N) is 1. The van der Waals surface area contributed by atoms with Crippen molar-refractivity contribution in [2.24, 2.45) is 0 Å². The Morgan fingerprint density at radius 3 is 2.33 bits per heavy atom. The molecule has 2 unspecified atom stereocenters. The maximum absolute atomic E-state index is 13.1. The van der Waals surface area contributed by atoms with Crippen molar-refractivity contribution in [1.29, 1.82) is 0 Å². The first-order valence-electron chi connectivity index (χ1n) is 11.4. The molecule has 3 aromatic rings. The van der Waals surface area contributed by atoms with E-state index in [4.69, 9.17) is 9.47 Å². The van der Waals surface area contributed by atoms with E-state index < -0.39 is 10.0 Å². The van der Waals surface area contributed by atoms with Crippen molar-refractivity contribution in [3.8, 4) is 11.5 Å². The quantitative estimate of drug-likeness (QED) is 0.561. The Morgan fingerprint density at radius 2 is 1.64 bits per heavy atom. The van der Waals surface area contributed by atoms with Crippen LogP contribution in [-0.4, -0.2) is 45.7 Å². The molecule has 2 heterocycles. The minimum absolute atomic E-state index is 0.0482. The summed E-state index contributed by atoms with van der Waals surface area (Å²) in [5.74, 6) is 1.60. The van der Waals surface area contributed by atoms with Crippen LogP contribution in [0.2, 0.25) is 0 Å². The normalized spacial score (nSPS) is 23.0. The molecule has 33 heavy (non-hydrogen) atoms. The third-order valence-electron chi connectivity index (χ3n) is 7.08. The van der Waals surface area contributed by atoms with Crippen LogP contribution >= 0.6 is 0 Å². The second-order valence-corrected chi connectivity index (χ2v) is 10.7. The summed E-state index contributed by atoms with van der Waals surface area (Å²) in [7, 11) is -0.235. The van der Waals surface area contributed by atoms with E-state index in [1.54, 1.807) is 26.4 Å². The van der Waals surface area contributed by atoms with Crippen LogP contribution in [0, 0.1) is 0 Å². The topological polar surface area (TPSA) is 67.9 Å². The minimum atomic E-state index is -3.57. The van der Waals surface area contributed by atoms with Gasteiger partial charge in [-0.15, -0.1) is 0 Å². The molecule has 3 aromatic carbocycles. The summed E-state index contributed by atoms with van der Waals surface area (Å²) in [5, 5.41) is 1.97. The average Bonchev–Trinajstić information content (AvgIpc) is 3.06. The van der Waals surface area contributed by atoms with E-state index in [1.165, 1.54) is 0 Å². The Balaban J connectivity index is 1.29. The van der Waals surface area contributed by atoms with E-state index in [-0.39, 0.29) is 6.04 Å². The molecule has 0 aliphatic carbocycles. The van der Waals surface area contributed by atoms with Gasteiger partial charge in [0.15, 0.2) is 0 Å². The average molecular weight is 467 g/mol. The lowest BCUT2D eigenvalue weighted by Gasteiger charge is -2.39. The summed E-state index contributed by atoms with van der Waals surface area (Å²) in [5.41, 5.74) is 1.13. The number of hydrogen-bond acceptors (Lipinski definition) is 5. The molecule has 2 aliphatic rings. The van der Waals surface area contributed by atoms with E-state index >= 15 is 0 Å². The van der Waals surface area contributed by atoms with Gasteiger partial charge in [0, 0.05) is 36.3 Å². The fraction of sp³-hybridized carbons (Fsp3) is 0.385. The third kappa shape index (κ3) is 4.45. The molecular formula is C26H30N2O4S. The molecule has 2 atom stereocenters. The van der Waals surface area contributed by atoms with Gasteiger partial charge in [0.05, 0.1) is 19.1 Å². The van der Waals surface area contributed by atoms with Crippen LogP contribution in [0.3, 0.4) is 0 Å². The maximum Gasteiger partial charge on any atom is 0.240 e. The zero-order valence-corrected chi connectivity index (χ0v) is 19.8. The molecule has 174 valence electrons. The van der Waals surface area contributed by atoms with Gasteiger partial charge in [-0.25, -0.2) is 13.1 Å². The first kappa shape index (κ1) is 22.2. The van der Waals surface area contributed by atoms with Crippen molar-refractivity contribution in [3.63, 3.8) is 0 Å². The number of methoxy groups -OCH3 is 2. The van der Waals surface area contributed by atoms with Crippen LogP contribution in [-0.2, 0) is 16.6 Å². The van der Waals surface area contributed by atoms with Gasteiger partial charge in [-0.1, -0.05) is 36.4 Å². The molecule has 2 aliphatic heterocycles. The summed E-state index contributed by atoms with van der Waals surface area (Å²) in [6.07, 6.45) is 3.83. The van der Waals surface area contributed by atoms with Crippen molar-refractivity contribution in [2.75, 3.05) is 14.2 Å². The van der Waals surface area contributed by atoms with E-state index in [1.807, 2.05) is 42.5 Å². The van der Waals surface area contributed by atoms with E-state index in [0.717, 1.165) is 60.1 Å². The molecule has 0 amide bonds. The summed E-state index contributed by atoms with van der Waals surface area (Å²) in [4.78, 5) is 2.85.